The smallest absolute Gasteiger partial charge is 0.352 e. The normalized spacial score (nSPS) is 14.0. The Morgan fingerprint density at radius 2 is 1.89 bits per heavy atom. The highest BCUT2D eigenvalue weighted by Crippen LogP contribution is 2.17. The van der Waals surface area contributed by atoms with Gasteiger partial charge in [-0.2, -0.15) is 4.98 Å². The first-order valence-corrected chi connectivity index (χ1v) is 9.22. The molecule has 8 heteroatoms. The summed E-state index contributed by atoms with van der Waals surface area (Å²) >= 11 is 0. The van der Waals surface area contributed by atoms with Crippen LogP contribution in [0, 0.1) is 0 Å². The van der Waals surface area contributed by atoms with Crippen molar-refractivity contribution < 1.29 is 4.79 Å². The van der Waals surface area contributed by atoms with Gasteiger partial charge in [0, 0.05) is 25.8 Å². The third-order valence-electron chi connectivity index (χ3n) is 4.74. The van der Waals surface area contributed by atoms with Gasteiger partial charge in [-0.15, -0.1) is 5.10 Å². The molecule has 3 heterocycles. The van der Waals surface area contributed by atoms with E-state index in [1.165, 1.54) is 4.40 Å². The summed E-state index contributed by atoms with van der Waals surface area (Å²) in [4.78, 5) is 31.2. The Labute approximate surface area is 156 Å². The molecule has 1 aliphatic rings. The Hall–Kier alpha value is -3.16. The molecular formula is C19H22N6O2. The monoisotopic (exact) mass is 366 g/mol. The zero-order valence-electron chi connectivity index (χ0n) is 15.0. The van der Waals surface area contributed by atoms with Crippen LogP contribution in [0.3, 0.4) is 0 Å². The number of fused-ring (bicyclic) bond motifs is 1. The van der Waals surface area contributed by atoms with E-state index in [-0.39, 0.29) is 18.1 Å². The van der Waals surface area contributed by atoms with E-state index < -0.39 is 0 Å². The van der Waals surface area contributed by atoms with Crippen LogP contribution in [0.4, 0.5) is 5.82 Å². The summed E-state index contributed by atoms with van der Waals surface area (Å²) in [5.74, 6) is 0.905. The van der Waals surface area contributed by atoms with Crippen molar-refractivity contribution in [1.82, 2.24) is 24.5 Å². The van der Waals surface area contributed by atoms with Gasteiger partial charge in [-0.25, -0.2) is 13.9 Å². The Kier molecular flexibility index (Phi) is 4.86. The molecule has 0 saturated carbocycles. The first-order chi connectivity index (χ1) is 13.2. The van der Waals surface area contributed by atoms with Gasteiger partial charge < -0.3 is 10.2 Å². The maximum absolute atomic E-state index is 12.4. The minimum Gasteiger partial charge on any atom is -0.356 e. The van der Waals surface area contributed by atoms with Crippen molar-refractivity contribution in [2.75, 3.05) is 24.5 Å². The Morgan fingerprint density at radius 3 is 2.67 bits per heavy atom. The molecule has 4 rings (SSSR count). The second kappa shape index (κ2) is 7.61. The predicted molar refractivity (Wildman–Crippen MR) is 102 cm³/mol. The van der Waals surface area contributed by atoms with Crippen LogP contribution in [0.1, 0.15) is 18.4 Å². The minimum absolute atomic E-state index is 0.115. The summed E-state index contributed by atoms with van der Waals surface area (Å²) in [6.07, 6.45) is 4.72. The summed E-state index contributed by atoms with van der Waals surface area (Å²) in [5.41, 5.74) is 0.796. The van der Waals surface area contributed by atoms with Crippen LogP contribution in [0.5, 0.6) is 0 Å². The van der Waals surface area contributed by atoms with Crippen LogP contribution in [-0.4, -0.2) is 44.7 Å². The topological polar surface area (TPSA) is 84.5 Å². The van der Waals surface area contributed by atoms with Crippen molar-refractivity contribution >= 4 is 17.5 Å². The van der Waals surface area contributed by atoms with Gasteiger partial charge >= 0.3 is 5.69 Å². The van der Waals surface area contributed by atoms with Gasteiger partial charge in [-0.1, -0.05) is 30.3 Å². The number of carbonyl (C=O) groups is 1. The molecule has 1 aromatic carbocycles. The Morgan fingerprint density at radius 1 is 1.11 bits per heavy atom. The minimum atomic E-state index is -0.358. The molecule has 2 aromatic heterocycles. The molecule has 0 spiro atoms. The lowest BCUT2D eigenvalue weighted by Gasteiger charge is -2.15. The zero-order chi connectivity index (χ0) is 18.6. The third-order valence-corrected chi connectivity index (χ3v) is 4.74. The molecule has 27 heavy (non-hydrogen) atoms. The maximum atomic E-state index is 12.4. The van der Waals surface area contributed by atoms with E-state index in [9.17, 15) is 9.59 Å². The van der Waals surface area contributed by atoms with E-state index in [1.54, 1.807) is 6.20 Å². The fourth-order valence-electron chi connectivity index (χ4n) is 3.30. The number of benzene rings is 1. The molecule has 1 saturated heterocycles. The van der Waals surface area contributed by atoms with Crippen LogP contribution in [-0.2, 0) is 17.8 Å². The number of nitrogens with zero attached hydrogens (tertiary/aromatic N) is 5. The fraction of sp³-hybridized carbons (Fsp3) is 0.368. The van der Waals surface area contributed by atoms with E-state index in [4.69, 9.17) is 0 Å². The van der Waals surface area contributed by atoms with Crippen molar-refractivity contribution in [1.29, 1.82) is 0 Å². The first kappa shape index (κ1) is 17.3. The lowest BCUT2D eigenvalue weighted by Crippen LogP contribution is -2.33. The molecule has 1 N–H and O–H groups in total. The van der Waals surface area contributed by atoms with Crippen molar-refractivity contribution in [2.24, 2.45) is 0 Å². The van der Waals surface area contributed by atoms with E-state index in [1.807, 2.05) is 36.4 Å². The maximum Gasteiger partial charge on any atom is 0.352 e. The summed E-state index contributed by atoms with van der Waals surface area (Å²) < 4.78 is 2.53. The number of amides is 1. The van der Waals surface area contributed by atoms with Crippen molar-refractivity contribution in [3.63, 3.8) is 0 Å². The van der Waals surface area contributed by atoms with Crippen molar-refractivity contribution in [3.8, 4) is 0 Å². The summed E-state index contributed by atoms with van der Waals surface area (Å²) in [6.45, 7) is 2.34. The van der Waals surface area contributed by atoms with Gasteiger partial charge in [-0.05, 0) is 30.9 Å². The number of aromatic nitrogens is 4. The quantitative estimate of drug-likeness (QED) is 0.699. The van der Waals surface area contributed by atoms with Gasteiger partial charge in [0.05, 0.1) is 0 Å². The standard InChI is InChI=1S/C19H22N6O2/c26-17(20-10-8-15-6-2-1-3-7-15)14-25-19(27)24-13-9-16(21-18(24)22-25)23-11-4-5-12-23/h1-3,6-7,9,13H,4-5,8,10-12,14H2,(H,20,26). The highest BCUT2D eigenvalue weighted by atomic mass is 16.2. The Bertz CT molecular complexity index is 988. The van der Waals surface area contributed by atoms with Crippen LogP contribution >= 0.6 is 0 Å². The SMILES string of the molecule is O=C(Cn1nc2nc(N3CCCC3)ccn2c1=O)NCCc1ccccc1. The van der Waals surface area contributed by atoms with E-state index >= 15 is 0 Å². The van der Waals surface area contributed by atoms with Gasteiger partial charge in [-0.3, -0.25) is 4.79 Å². The van der Waals surface area contributed by atoms with Crippen molar-refractivity contribution in [3.05, 3.63) is 58.6 Å². The average molecular weight is 366 g/mol. The Balaban J connectivity index is 1.41. The molecule has 0 bridgehead atoms. The molecule has 0 atom stereocenters. The number of carbonyl (C=O) groups excluding carboxylic acids is 1. The number of hydrogen-bond donors (Lipinski definition) is 1. The molecule has 1 aliphatic heterocycles. The van der Waals surface area contributed by atoms with E-state index in [0.717, 1.165) is 48.4 Å². The first-order valence-electron chi connectivity index (χ1n) is 9.22. The lowest BCUT2D eigenvalue weighted by atomic mass is 10.1. The van der Waals surface area contributed by atoms with Crippen LogP contribution < -0.4 is 15.9 Å². The number of hydrogen-bond acceptors (Lipinski definition) is 5. The number of anilines is 1. The predicted octanol–water partition coefficient (Wildman–Crippen LogP) is 0.850. The van der Waals surface area contributed by atoms with Gasteiger partial charge in [0.25, 0.3) is 5.78 Å². The second-order valence-electron chi connectivity index (χ2n) is 6.68. The fourth-order valence-corrected chi connectivity index (χ4v) is 3.30. The molecule has 0 radical (unpaired) electrons. The molecule has 140 valence electrons. The summed E-state index contributed by atoms with van der Waals surface area (Å²) in [5, 5.41) is 7.05. The number of rotatable bonds is 6. The second-order valence-corrected chi connectivity index (χ2v) is 6.68. The largest absolute Gasteiger partial charge is 0.356 e. The molecule has 3 aromatic rings. The molecule has 0 aliphatic carbocycles. The molecule has 1 fully saturated rings. The third kappa shape index (κ3) is 3.84. The highest BCUT2D eigenvalue weighted by molar-refractivity contribution is 5.75. The molecule has 0 unspecified atom stereocenters. The summed E-state index contributed by atoms with van der Waals surface area (Å²) in [6, 6.07) is 11.8. The van der Waals surface area contributed by atoms with Gasteiger partial charge in [0.15, 0.2) is 0 Å². The lowest BCUT2D eigenvalue weighted by molar-refractivity contribution is -0.121. The summed E-state index contributed by atoms with van der Waals surface area (Å²) in [7, 11) is 0. The van der Waals surface area contributed by atoms with Crippen LogP contribution in [0.15, 0.2) is 47.4 Å². The highest BCUT2D eigenvalue weighted by Gasteiger charge is 2.16. The van der Waals surface area contributed by atoms with E-state index in [2.05, 4.69) is 20.3 Å². The van der Waals surface area contributed by atoms with Crippen LogP contribution in [0.25, 0.3) is 5.78 Å². The molecule has 1 amide bonds. The number of nitrogens with one attached hydrogen (secondary N) is 1. The van der Waals surface area contributed by atoms with E-state index in [0.29, 0.717) is 12.3 Å². The zero-order valence-corrected chi connectivity index (χ0v) is 15.0. The van der Waals surface area contributed by atoms with Gasteiger partial charge in [0.1, 0.15) is 12.4 Å². The molecule has 8 nitrogen and oxygen atoms in total. The van der Waals surface area contributed by atoms with Gasteiger partial charge in [0.2, 0.25) is 5.91 Å². The molecular weight excluding hydrogens is 344 g/mol. The van der Waals surface area contributed by atoms with Crippen molar-refractivity contribution in [2.45, 2.75) is 25.8 Å². The van der Waals surface area contributed by atoms with Crippen LogP contribution in [0.2, 0.25) is 0 Å². The average Bonchev–Trinajstić information content (AvgIpc) is 3.31.